The Hall–Kier alpha value is -1.92. The van der Waals surface area contributed by atoms with Crippen LogP contribution in [0.3, 0.4) is 0 Å². The minimum Gasteiger partial charge on any atom is -0.466 e. The summed E-state index contributed by atoms with van der Waals surface area (Å²) in [4.78, 5) is 24.4. The van der Waals surface area contributed by atoms with Gasteiger partial charge in [0.25, 0.3) is 0 Å². The van der Waals surface area contributed by atoms with Gasteiger partial charge in [-0.2, -0.15) is 0 Å². The summed E-state index contributed by atoms with van der Waals surface area (Å²) >= 11 is 0. The minimum atomic E-state index is -0.686. The van der Waals surface area contributed by atoms with Crippen LogP contribution < -0.4 is 5.32 Å². The Morgan fingerprint density at radius 3 is 1.53 bits per heavy atom. The number of nitrogens with one attached hydrogen (secondary N) is 1. The summed E-state index contributed by atoms with van der Waals surface area (Å²) in [5.41, 5.74) is 0. The molecule has 2 unspecified atom stereocenters. The summed E-state index contributed by atoms with van der Waals surface area (Å²) in [5, 5.41) is 23.1. The van der Waals surface area contributed by atoms with Gasteiger partial charge in [0.05, 0.1) is 25.4 Å². The van der Waals surface area contributed by atoms with Crippen LogP contribution in [0.4, 0.5) is 0 Å². The number of aliphatic hydroxyl groups is 2. The number of esters is 1. The van der Waals surface area contributed by atoms with Crippen LogP contribution >= 0.6 is 0 Å². The maximum Gasteiger partial charge on any atom is 0.305 e. The van der Waals surface area contributed by atoms with E-state index in [0.29, 0.717) is 25.9 Å². The van der Waals surface area contributed by atoms with Crippen LogP contribution in [0.25, 0.3) is 0 Å². The van der Waals surface area contributed by atoms with Crippen LogP contribution in [-0.2, 0) is 14.3 Å². The fourth-order valence-electron chi connectivity index (χ4n) is 6.61. The lowest BCUT2D eigenvalue weighted by Gasteiger charge is -2.22. The van der Waals surface area contributed by atoms with E-state index in [0.717, 1.165) is 89.9 Å². The smallest absolute Gasteiger partial charge is 0.305 e. The standard InChI is InChI=1S/C47H87NO5/c1-3-5-7-9-11-13-15-17-19-23-27-31-35-39-45(50)44(43-49)48-46(51)40-36-32-28-24-21-22-26-30-34-38-42-53-47(52)41-37-33-29-25-20-18-16-14-12-10-8-6-4-2/h8,10,14,16,22,26,44-45,49-50H,3-7,9,11-13,15,17-21,23-25,27-43H2,1-2H3,(H,48,51)/b10-8-,16-14-,26-22-. The van der Waals surface area contributed by atoms with Gasteiger partial charge in [-0.25, -0.2) is 0 Å². The average Bonchev–Trinajstić information content (AvgIpc) is 3.16. The van der Waals surface area contributed by atoms with E-state index in [2.05, 4.69) is 55.6 Å². The highest BCUT2D eigenvalue weighted by Crippen LogP contribution is 2.15. The van der Waals surface area contributed by atoms with E-state index in [9.17, 15) is 19.8 Å². The highest BCUT2D eigenvalue weighted by Gasteiger charge is 2.20. The number of aliphatic hydroxyl groups excluding tert-OH is 2. The van der Waals surface area contributed by atoms with Gasteiger partial charge in [0.15, 0.2) is 0 Å². The van der Waals surface area contributed by atoms with Crippen molar-refractivity contribution in [2.24, 2.45) is 0 Å². The molecule has 0 aliphatic heterocycles. The third kappa shape index (κ3) is 39.6. The molecule has 6 nitrogen and oxygen atoms in total. The molecule has 310 valence electrons. The summed E-state index contributed by atoms with van der Waals surface area (Å²) in [6.07, 6.45) is 49.6. The Labute approximate surface area is 328 Å². The predicted molar refractivity (Wildman–Crippen MR) is 227 cm³/mol. The number of unbranched alkanes of at least 4 members (excludes halogenated alkanes) is 24. The molecule has 6 heteroatoms. The van der Waals surface area contributed by atoms with E-state index < -0.39 is 12.1 Å². The molecule has 0 aliphatic carbocycles. The molecule has 0 aliphatic rings. The molecule has 0 bridgehead atoms. The monoisotopic (exact) mass is 746 g/mol. The van der Waals surface area contributed by atoms with E-state index in [1.165, 1.54) is 103 Å². The van der Waals surface area contributed by atoms with Gasteiger partial charge in [0, 0.05) is 12.8 Å². The van der Waals surface area contributed by atoms with Crippen molar-refractivity contribution in [3.05, 3.63) is 36.5 Å². The van der Waals surface area contributed by atoms with Crippen LogP contribution in [-0.4, -0.2) is 47.4 Å². The third-order valence-corrected chi connectivity index (χ3v) is 10.1. The van der Waals surface area contributed by atoms with Gasteiger partial charge in [-0.15, -0.1) is 0 Å². The summed E-state index contributed by atoms with van der Waals surface area (Å²) in [6.45, 7) is 4.77. The maximum atomic E-state index is 12.4. The largest absolute Gasteiger partial charge is 0.466 e. The molecule has 0 saturated heterocycles. The number of carbonyl (C=O) groups is 2. The maximum absolute atomic E-state index is 12.4. The first-order valence-corrected chi connectivity index (χ1v) is 22.7. The molecule has 53 heavy (non-hydrogen) atoms. The summed E-state index contributed by atoms with van der Waals surface area (Å²) in [5.74, 6) is -0.127. The fourth-order valence-corrected chi connectivity index (χ4v) is 6.61. The van der Waals surface area contributed by atoms with E-state index >= 15 is 0 Å². The molecule has 3 N–H and O–H groups in total. The Balaban J connectivity index is 3.56. The number of amides is 1. The van der Waals surface area contributed by atoms with E-state index in [1.54, 1.807) is 0 Å². The minimum absolute atomic E-state index is 0.0527. The lowest BCUT2D eigenvalue weighted by molar-refractivity contribution is -0.143. The van der Waals surface area contributed by atoms with Gasteiger partial charge in [-0.05, 0) is 77.0 Å². The van der Waals surface area contributed by atoms with Crippen molar-refractivity contribution in [2.75, 3.05) is 13.2 Å². The molecule has 0 aromatic rings. The third-order valence-electron chi connectivity index (χ3n) is 10.1. The normalized spacial score (nSPS) is 13.1. The van der Waals surface area contributed by atoms with Gasteiger partial charge in [0.2, 0.25) is 5.91 Å². The first kappa shape index (κ1) is 51.1. The highest BCUT2D eigenvalue weighted by molar-refractivity contribution is 5.76. The zero-order valence-corrected chi connectivity index (χ0v) is 35.0. The van der Waals surface area contributed by atoms with Gasteiger partial charge in [0.1, 0.15) is 0 Å². The topological polar surface area (TPSA) is 95.9 Å². The molecule has 0 aromatic heterocycles. The van der Waals surface area contributed by atoms with E-state index in [-0.39, 0.29) is 18.5 Å². The molecule has 0 heterocycles. The summed E-state index contributed by atoms with van der Waals surface area (Å²) < 4.78 is 5.40. The zero-order chi connectivity index (χ0) is 38.7. The van der Waals surface area contributed by atoms with Crippen molar-refractivity contribution < 1.29 is 24.5 Å². The highest BCUT2D eigenvalue weighted by atomic mass is 16.5. The Morgan fingerprint density at radius 1 is 0.528 bits per heavy atom. The van der Waals surface area contributed by atoms with Crippen molar-refractivity contribution in [2.45, 2.75) is 238 Å². The zero-order valence-electron chi connectivity index (χ0n) is 35.0. The number of hydrogen-bond acceptors (Lipinski definition) is 5. The van der Waals surface area contributed by atoms with Crippen molar-refractivity contribution in [3.63, 3.8) is 0 Å². The number of rotatable bonds is 41. The average molecular weight is 746 g/mol. The lowest BCUT2D eigenvalue weighted by Crippen LogP contribution is -2.45. The lowest BCUT2D eigenvalue weighted by atomic mass is 10.0. The molecule has 2 atom stereocenters. The molecule has 0 aromatic carbocycles. The van der Waals surface area contributed by atoms with Gasteiger partial charge >= 0.3 is 5.97 Å². The fraction of sp³-hybridized carbons (Fsp3) is 0.830. The van der Waals surface area contributed by atoms with Crippen molar-refractivity contribution in [1.82, 2.24) is 5.32 Å². The number of carbonyl (C=O) groups excluding carboxylic acids is 2. The number of ether oxygens (including phenoxy) is 1. The molecule has 0 radical (unpaired) electrons. The predicted octanol–water partition coefficient (Wildman–Crippen LogP) is 12.9. The Morgan fingerprint density at radius 2 is 0.981 bits per heavy atom. The Kier molecular flexibility index (Phi) is 41.3. The van der Waals surface area contributed by atoms with Crippen LogP contribution in [0.5, 0.6) is 0 Å². The molecule has 1 amide bonds. The SMILES string of the molecule is CCC/C=C\C/C=C\CCCCCCCC(=O)OCCCC/C=C\CCCCCCC(=O)NC(CO)C(O)CCCCCCCCCCCCCCC. The molecule has 0 saturated carbocycles. The molecule has 0 fully saturated rings. The van der Waals surface area contributed by atoms with Gasteiger partial charge in [-0.1, -0.05) is 172 Å². The quantitative estimate of drug-likeness (QED) is 0.0329. The molecular formula is C47H87NO5. The Bertz CT molecular complexity index is 869. The van der Waals surface area contributed by atoms with E-state index in [4.69, 9.17) is 4.74 Å². The first-order chi connectivity index (χ1) is 26.0. The molecular weight excluding hydrogens is 659 g/mol. The van der Waals surface area contributed by atoms with Crippen molar-refractivity contribution >= 4 is 11.9 Å². The van der Waals surface area contributed by atoms with Crippen molar-refractivity contribution in [3.8, 4) is 0 Å². The summed E-state index contributed by atoms with van der Waals surface area (Å²) in [7, 11) is 0. The van der Waals surface area contributed by atoms with Crippen LogP contribution in [0, 0.1) is 0 Å². The second-order valence-corrected chi connectivity index (χ2v) is 15.4. The second-order valence-electron chi connectivity index (χ2n) is 15.4. The van der Waals surface area contributed by atoms with Crippen LogP contribution in [0.1, 0.15) is 226 Å². The first-order valence-electron chi connectivity index (χ1n) is 22.7. The van der Waals surface area contributed by atoms with Crippen LogP contribution in [0.2, 0.25) is 0 Å². The van der Waals surface area contributed by atoms with Gasteiger partial charge < -0.3 is 20.3 Å². The van der Waals surface area contributed by atoms with Crippen molar-refractivity contribution in [1.29, 1.82) is 0 Å². The number of allylic oxidation sites excluding steroid dienone is 6. The number of hydrogen-bond donors (Lipinski definition) is 3. The van der Waals surface area contributed by atoms with Crippen LogP contribution in [0.15, 0.2) is 36.5 Å². The molecule has 0 rings (SSSR count). The van der Waals surface area contributed by atoms with E-state index in [1.807, 2.05) is 0 Å². The summed E-state index contributed by atoms with van der Waals surface area (Å²) in [6, 6.07) is -0.567. The van der Waals surface area contributed by atoms with Gasteiger partial charge in [-0.3, -0.25) is 9.59 Å². The molecule has 0 spiro atoms. The second kappa shape index (κ2) is 42.8.